The van der Waals surface area contributed by atoms with Crippen molar-refractivity contribution in [1.29, 1.82) is 0 Å². The van der Waals surface area contributed by atoms with Crippen LogP contribution in [-0.2, 0) is 17.7 Å². The Hall–Kier alpha value is -1.44. The SMILES string of the molecule is CNCCn1nnnc1SCC1OCCc2ccccc21. The molecule has 0 saturated carbocycles. The van der Waals surface area contributed by atoms with Crippen LogP contribution < -0.4 is 5.32 Å². The summed E-state index contributed by atoms with van der Waals surface area (Å²) >= 11 is 1.65. The maximum atomic E-state index is 5.91. The van der Waals surface area contributed by atoms with Gasteiger partial charge in [0, 0.05) is 12.3 Å². The van der Waals surface area contributed by atoms with Crippen LogP contribution in [0.1, 0.15) is 17.2 Å². The van der Waals surface area contributed by atoms with Crippen molar-refractivity contribution in [2.24, 2.45) is 0 Å². The molecule has 1 atom stereocenters. The number of hydrogen-bond acceptors (Lipinski definition) is 6. The van der Waals surface area contributed by atoms with Crippen LogP contribution in [-0.4, -0.2) is 46.2 Å². The number of nitrogens with one attached hydrogen (secondary N) is 1. The van der Waals surface area contributed by atoms with Gasteiger partial charge in [0.2, 0.25) is 5.16 Å². The average Bonchev–Trinajstić information content (AvgIpc) is 2.98. The molecule has 0 radical (unpaired) electrons. The van der Waals surface area contributed by atoms with Crippen LogP contribution in [0.5, 0.6) is 0 Å². The molecule has 0 saturated heterocycles. The highest BCUT2D eigenvalue weighted by Gasteiger charge is 2.21. The van der Waals surface area contributed by atoms with Crippen LogP contribution in [0.2, 0.25) is 0 Å². The number of aromatic nitrogens is 4. The zero-order valence-corrected chi connectivity index (χ0v) is 12.8. The fourth-order valence-corrected chi connectivity index (χ4v) is 3.37. The Morgan fingerprint density at radius 3 is 3.24 bits per heavy atom. The highest BCUT2D eigenvalue weighted by molar-refractivity contribution is 7.99. The summed E-state index contributed by atoms with van der Waals surface area (Å²) in [7, 11) is 1.92. The maximum Gasteiger partial charge on any atom is 0.209 e. The Labute approximate surface area is 128 Å². The lowest BCUT2D eigenvalue weighted by Gasteiger charge is -2.25. The van der Waals surface area contributed by atoms with E-state index in [0.717, 1.165) is 37.0 Å². The summed E-state index contributed by atoms with van der Waals surface area (Å²) in [6, 6.07) is 8.50. The molecule has 1 unspecified atom stereocenters. The summed E-state index contributed by atoms with van der Waals surface area (Å²) in [4.78, 5) is 0. The molecule has 6 nitrogen and oxygen atoms in total. The van der Waals surface area contributed by atoms with Crippen molar-refractivity contribution >= 4 is 11.8 Å². The minimum Gasteiger partial charge on any atom is -0.372 e. The van der Waals surface area contributed by atoms with Crippen LogP contribution in [0.25, 0.3) is 0 Å². The second kappa shape index (κ2) is 7.02. The average molecular weight is 305 g/mol. The minimum atomic E-state index is 0.120. The standard InChI is InChI=1S/C14H19N5OS/c1-15-7-8-19-14(16-17-18-19)21-10-13-12-5-3-2-4-11(12)6-9-20-13/h2-5,13,15H,6-10H2,1H3. The van der Waals surface area contributed by atoms with Crippen molar-refractivity contribution < 1.29 is 4.74 Å². The highest BCUT2D eigenvalue weighted by Crippen LogP contribution is 2.31. The number of thioether (sulfide) groups is 1. The Balaban J connectivity index is 1.65. The van der Waals surface area contributed by atoms with E-state index in [4.69, 9.17) is 4.74 Å². The van der Waals surface area contributed by atoms with Gasteiger partial charge in [0.25, 0.3) is 0 Å². The monoisotopic (exact) mass is 305 g/mol. The molecule has 1 N–H and O–H groups in total. The first-order chi connectivity index (χ1) is 10.4. The highest BCUT2D eigenvalue weighted by atomic mass is 32.2. The summed E-state index contributed by atoms with van der Waals surface area (Å²) in [5.74, 6) is 0.830. The molecule has 0 spiro atoms. The molecule has 0 aliphatic carbocycles. The lowest BCUT2D eigenvalue weighted by Crippen LogP contribution is -2.19. The van der Waals surface area contributed by atoms with Gasteiger partial charge in [-0.1, -0.05) is 36.0 Å². The number of rotatable bonds is 6. The third-order valence-corrected chi connectivity index (χ3v) is 4.55. The van der Waals surface area contributed by atoms with Crippen LogP contribution in [0.3, 0.4) is 0 Å². The number of tetrazole rings is 1. The van der Waals surface area contributed by atoms with E-state index in [-0.39, 0.29) is 6.10 Å². The van der Waals surface area contributed by atoms with Gasteiger partial charge in [-0.2, -0.15) is 0 Å². The third kappa shape index (κ3) is 3.42. The molecule has 1 aromatic heterocycles. The van der Waals surface area contributed by atoms with Crippen molar-refractivity contribution in [1.82, 2.24) is 25.5 Å². The molecular formula is C14H19N5OS. The quantitative estimate of drug-likeness (QED) is 0.812. The van der Waals surface area contributed by atoms with Crippen molar-refractivity contribution in [3.8, 4) is 0 Å². The van der Waals surface area contributed by atoms with Crippen LogP contribution in [0.4, 0.5) is 0 Å². The molecule has 21 heavy (non-hydrogen) atoms. The molecule has 112 valence electrons. The fraction of sp³-hybridized carbons (Fsp3) is 0.500. The molecule has 1 aromatic carbocycles. The second-order valence-corrected chi connectivity index (χ2v) is 5.89. The lowest BCUT2D eigenvalue weighted by atomic mass is 9.99. The molecule has 2 aromatic rings. The van der Waals surface area contributed by atoms with E-state index in [1.165, 1.54) is 11.1 Å². The smallest absolute Gasteiger partial charge is 0.209 e. The third-order valence-electron chi connectivity index (χ3n) is 3.53. The van der Waals surface area contributed by atoms with E-state index < -0.39 is 0 Å². The second-order valence-electron chi connectivity index (χ2n) is 4.91. The normalized spacial score (nSPS) is 17.7. The zero-order chi connectivity index (χ0) is 14.5. The molecule has 0 fully saturated rings. The number of fused-ring (bicyclic) bond motifs is 1. The van der Waals surface area contributed by atoms with E-state index >= 15 is 0 Å². The number of likely N-dealkylation sites (N-methyl/N-ethyl adjacent to an activating group) is 1. The predicted octanol–water partition coefficient (Wildman–Crippen LogP) is 1.30. The molecule has 2 heterocycles. The van der Waals surface area contributed by atoms with E-state index in [2.05, 4.69) is 45.1 Å². The summed E-state index contributed by atoms with van der Waals surface area (Å²) in [5, 5.41) is 15.8. The molecule has 0 bridgehead atoms. The van der Waals surface area contributed by atoms with E-state index in [0.29, 0.717) is 0 Å². The molecular weight excluding hydrogens is 286 g/mol. The van der Waals surface area contributed by atoms with Crippen molar-refractivity contribution in [2.75, 3.05) is 26.0 Å². The molecule has 1 aliphatic rings. The summed E-state index contributed by atoms with van der Waals surface area (Å²) in [6.07, 6.45) is 1.12. The van der Waals surface area contributed by atoms with Crippen LogP contribution in [0.15, 0.2) is 29.4 Å². The maximum absolute atomic E-state index is 5.91. The largest absolute Gasteiger partial charge is 0.372 e. The van der Waals surface area contributed by atoms with Crippen molar-refractivity contribution in [3.63, 3.8) is 0 Å². The topological polar surface area (TPSA) is 64.9 Å². The Kier molecular flexibility index (Phi) is 4.84. The van der Waals surface area contributed by atoms with Gasteiger partial charge in [0.15, 0.2) is 0 Å². The van der Waals surface area contributed by atoms with E-state index in [9.17, 15) is 0 Å². The van der Waals surface area contributed by atoms with Crippen LogP contribution in [0, 0.1) is 0 Å². The van der Waals surface area contributed by atoms with Gasteiger partial charge in [0.05, 0.1) is 19.3 Å². The summed E-state index contributed by atoms with van der Waals surface area (Å²) < 4.78 is 7.74. The van der Waals surface area contributed by atoms with Crippen LogP contribution >= 0.6 is 11.8 Å². The Morgan fingerprint density at radius 2 is 2.33 bits per heavy atom. The number of hydrogen-bond donors (Lipinski definition) is 1. The Bertz CT molecular complexity index is 588. The van der Waals surface area contributed by atoms with Gasteiger partial charge in [0.1, 0.15) is 0 Å². The molecule has 7 heteroatoms. The van der Waals surface area contributed by atoms with Crippen molar-refractivity contribution in [2.45, 2.75) is 24.2 Å². The van der Waals surface area contributed by atoms with Gasteiger partial charge < -0.3 is 10.1 Å². The van der Waals surface area contributed by atoms with Gasteiger partial charge >= 0.3 is 0 Å². The first-order valence-corrected chi connectivity index (χ1v) is 8.10. The molecule has 1 aliphatic heterocycles. The van der Waals surface area contributed by atoms with Gasteiger partial charge in [-0.3, -0.25) is 0 Å². The van der Waals surface area contributed by atoms with Gasteiger partial charge in [-0.05, 0) is 35.0 Å². The lowest BCUT2D eigenvalue weighted by molar-refractivity contribution is 0.0587. The zero-order valence-electron chi connectivity index (χ0n) is 12.0. The van der Waals surface area contributed by atoms with E-state index in [1.807, 2.05) is 11.7 Å². The van der Waals surface area contributed by atoms with Gasteiger partial charge in [-0.15, -0.1) is 5.10 Å². The first kappa shape index (κ1) is 14.5. The summed E-state index contributed by atoms with van der Waals surface area (Å²) in [6.45, 7) is 2.41. The first-order valence-electron chi connectivity index (χ1n) is 7.11. The van der Waals surface area contributed by atoms with Crippen molar-refractivity contribution in [3.05, 3.63) is 35.4 Å². The number of ether oxygens (including phenoxy) is 1. The minimum absolute atomic E-state index is 0.120. The molecule has 3 rings (SSSR count). The summed E-state index contributed by atoms with van der Waals surface area (Å²) in [5.41, 5.74) is 2.69. The number of nitrogens with zero attached hydrogens (tertiary/aromatic N) is 4. The Morgan fingerprint density at radius 1 is 1.43 bits per heavy atom. The predicted molar refractivity (Wildman–Crippen MR) is 81.3 cm³/mol. The molecule has 0 amide bonds. The van der Waals surface area contributed by atoms with E-state index in [1.54, 1.807) is 11.8 Å². The fourth-order valence-electron chi connectivity index (χ4n) is 2.42. The van der Waals surface area contributed by atoms with Gasteiger partial charge in [-0.25, -0.2) is 4.68 Å². The number of benzene rings is 1.